The van der Waals surface area contributed by atoms with Crippen LogP contribution in [-0.2, 0) is 11.5 Å². The third-order valence-corrected chi connectivity index (χ3v) is 5.64. The van der Waals surface area contributed by atoms with Gasteiger partial charge in [0.15, 0.2) is 0 Å². The van der Waals surface area contributed by atoms with E-state index in [1.165, 1.54) is 27.7 Å². The van der Waals surface area contributed by atoms with Gasteiger partial charge in [-0.1, -0.05) is 42.5 Å². The van der Waals surface area contributed by atoms with Crippen LogP contribution in [0.4, 0.5) is 0 Å². The molecule has 0 unspecified atom stereocenters. The first-order valence-corrected chi connectivity index (χ1v) is 9.35. The number of benzene rings is 2. The third-order valence-electron chi connectivity index (χ3n) is 3.74. The van der Waals surface area contributed by atoms with E-state index in [0.717, 1.165) is 17.1 Å². The summed E-state index contributed by atoms with van der Waals surface area (Å²) in [5.41, 5.74) is 2.07. The average Bonchev–Trinajstić information content (AvgIpc) is 3.04. The number of thiophene rings is 1. The Morgan fingerprint density at radius 1 is 1.04 bits per heavy atom. The molecule has 0 saturated heterocycles. The van der Waals surface area contributed by atoms with Gasteiger partial charge in [0.2, 0.25) is 0 Å². The molecule has 0 aliphatic rings. The number of nitrogens with zero attached hydrogens (tertiary/aromatic N) is 1. The molecular weight excluding hydrogens is 324 g/mol. The van der Waals surface area contributed by atoms with Crippen molar-refractivity contribution in [3.8, 4) is 0 Å². The summed E-state index contributed by atoms with van der Waals surface area (Å²) in [4.78, 5) is 19.4. The summed E-state index contributed by atoms with van der Waals surface area (Å²) >= 11 is 3.20. The highest BCUT2D eigenvalue weighted by Gasteiger charge is 2.06. The fourth-order valence-corrected chi connectivity index (χ4v) is 4.30. The number of fused-ring (bicyclic) bond motifs is 2. The van der Waals surface area contributed by atoms with Crippen molar-refractivity contribution in [3.05, 3.63) is 75.7 Å². The van der Waals surface area contributed by atoms with Crippen LogP contribution in [0.3, 0.4) is 0 Å². The van der Waals surface area contributed by atoms with E-state index >= 15 is 0 Å². The Labute approximate surface area is 141 Å². The summed E-state index contributed by atoms with van der Waals surface area (Å²) in [7, 11) is 0. The minimum atomic E-state index is -0.0363. The maximum Gasteiger partial charge on any atom is 0.268 e. The van der Waals surface area contributed by atoms with E-state index in [4.69, 9.17) is 0 Å². The first-order chi connectivity index (χ1) is 11.3. The Kier molecular flexibility index (Phi) is 3.89. The molecule has 4 aromatic rings. The number of aromatic nitrogens is 2. The summed E-state index contributed by atoms with van der Waals surface area (Å²) in [6, 6.07) is 16.7. The van der Waals surface area contributed by atoms with Gasteiger partial charge in [0.1, 0.15) is 10.5 Å². The minimum Gasteiger partial charge on any atom is -0.309 e. The van der Waals surface area contributed by atoms with E-state index in [0.29, 0.717) is 10.5 Å². The molecule has 1 N–H and O–H groups in total. The molecule has 0 bridgehead atoms. The quantitative estimate of drug-likeness (QED) is 0.593. The Morgan fingerprint density at radius 2 is 1.91 bits per heavy atom. The van der Waals surface area contributed by atoms with Crippen LogP contribution in [0.2, 0.25) is 0 Å². The van der Waals surface area contributed by atoms with Crippen LogP contribution in [0.5, 0.6) is 0 Å². The maximum absolute atomic E-state index is 12.0. The zero-order valence-electron chi connectivity index (χ0n) is 12.3. The van der Waals surface area contributed by atoms with Crippen LogP contribution in [0.15, 0.2) is 58.7 Å². The van der Waals surface area contributed by atoms with Gasteiger partial charge in [-0.3, -0.25) is 4.79 Å². The molecule has 0 spiro atoms. The maximum atomic E-state index is 12.0. The molecular formula is C18H14N2OS2. The zero-order chi connectivity index (χ0) is 15.6. The number of aromatic amines is 1. The summed E-state index contributed by atoms with van der Waals surface area (Å²) < 4.78 is 0.702. The predicted octanol–water partition coefficient (Wildman–Crippen LogP) is 4.57. The van der Waals surface area contributed by atoms with E-state index in [1.54, 1.807) is 11.8 Å². The van der Waals surface area contributed by atoms with Gasteiger partial charge in [-0.05, 0) is 27.8 Å². The molecule has 2 aromatic carbocycles. The molecule has 0 radical (unpaired) electrons. The fourth-order valence-electron chi connectivity index (χ4n) is 2.67. The van der Waals surface area contributed by atoms with Crippen molar-refractivity contribution in [2.75, 3.05) is 0 Å². The van der Waals surface area contributed by atoms with Crippen LogP contribution in [-0.4, -0.2) is 9.97 Å². The Hall–Kier alpha value is -2.11. The Morgan fingerprint density at radius 3 is 2.87 bits per heavy atom. The molecule has 0 fully saturated rings. The van der Waals surface area contributed by atoms with Gasteiger partial charge in [-0.15, -0.1) is 23.1 Å². The predicted molar refractivity (Wildman–Crippen MR) is 99.2 cm³/mol. The summed E-state index contributed by atoms with van der Waals surface area (Å²) in [5.74, 6) is 2.34. The fraction of sp³-hybridized carbons (Fsp3) is 0.111. The summed E-state index contributed by atoms with van der Waals surface area (Å²) in [5, 5.41) is 4.45. The molecule has 2 aromatic heterocycles. The third kappa shape index (κ3) is 2.90. The lowest BCUT2D eigenvalue weighted by Gasteiger charge is -2.06. The second-order valence-electron chi connectivity index (χ2n) is 5.28. The van der Waals surface area contributed by atoms with E-state index < -0.39 is 0 Å². The van der Waals surface area contributed by atoms with Gasteiger partial charge < -0.3 is 4.98 Å². The number of rotatable bonds is 4. The van der Waals surface area contributed by atoms with E-state index in [9.17, 15) is 4.79 Å². The highest BCUT2D eigenvalue weighted by atomic mass is 32.2. The van der Waals surface area contributed by atoms with Gasteiger partial charge in [0.25, 0.3) is 5.56 Å². The van der Waals surface area contributed by atoms with Gasteiger partial charge in [-0.2, -0.15) is 0 Å². The summed E-state index contributed by atoms with van der Waals surface area (Å²) in [6.45, 7) is 0. The Balaban J connectivity index is 1.53. The van der Waals surface area contributed by atoms with Crippen LogP contribution in [0.1, 0.15) is 11.4 Å². The molecule has 3 nitrogen and oxygen atoms in total. The van der Waals surface area contributed by atoms with Crippen molar-refractivity contribution < 1.29 is 0 Å². The SMILES string of the molecule is O=c1[nH]c(CSCc2cccc3ccccc23)nc2ccsc12. The van der Waals surface area contributed by atoms with Crippen LogP contribution >= 0.6 is 23.1 Å². The lowest BCUT2D eigenvalue weighted by molar-refractivity contribution is 1.04. The lowest BCUT2D eigenvalue weighted by atomic mass is 10.1. The smallest absolute Gasteiger partial charge is 0.268 e. The molecule has 5 heteroatoms. The molecule has 0 aliphatic carbocycles. The number of hydrogen-bond donors (Lipinski definition) is 1. The molecule has 23 heavy (non-hydrogen) atoms. The van der Waals surface area contributed by atoms with Crippen molar-refractivity contribution in [1.82, 2.24) is 9.97 Å². The molecule has 4 rings (SSSR count). The van der Waals surface area contributed by atoms with E-state index in [1.807, 2.05) is 11.4 Å². The average molecular weight is 338 g/mol. The second kappa shape index (κ2) is 6.18. The number of H-pyrrole nitrogens is 1. The molecule has 0 amide bonds. The van der Waals surface area contributed by atoms with Crippen LogP contribution < -0.4 is 5.56 Å². The summed E-state index contributed by atoms with van der Waals surface area (Å²) in [6.07, 6.45) is 0. The number of thioether (sulfide) groups is 1. The van der Waals surface area contributed by atoms with Gasteiger partial charge in [0, 0.05) is 5.75 Å². The van der Waals surface area contributed by atoms with E-state index in [-0.39, 0.29) is 5.56 Å². The first kappa shape index (κ1) is 14.5. The van der Waals surface area contributed by atoms with Crippen LogP contribution in [0, 0.1) is 0 Å². The number of hydrogen-bond acceptors (Lipinski definition) is 4. The largest absolute Gasteiger partial charge is 0.309 e. The van der Waals surface area contributed by atoms with Crippen molar-refractivity contribution >= 4 is 44.1 Å². The molecule has 0 aliphatic heterocycles. The second-order valence-corrected chi connectivity index (χ2v) is 7.18. The highest BCUT2D eigenvalue weighted by Crippen LogP contribution is 2.24. The van der Waals surface area contributed by atoms with Crippen molar-refractivity contribution in [2.24, 2.45) is 0 Å². The molecule has 0 atom stereocenters. The van der Waals surface area contributed by atoms with Gasteiger partial charge >= 0.3 is 0 Å². The molecule has 114 valence electrons. The van der Waals surface area contributed by atoms with Gasteiger partial charge in [-0.25, -0.2) is 4.98 Å². The van der Waals surface area contributed by atoms with E-state index in [2.05, 4.69) is 52.4 Å². The highest BCUT2D eigenvalue weighted by molar-refractivity contribution is 7.97. The monoisotopic (exact) mass is 338 g/mol. The van der Waals surface area contributed by atoms with Crippen molar-refractivity contribution in [3.63, 3.8) is 0 Å². The zero-order valence-corrected chi connectivity index (χ0v) is 13.9. The lowest BCUT2D eigenvalue weighted by Crippen LogP contribution is -2.09. The van der Waals surface area contributed by atoms with Crippen LogP contribution in [0.25, 0.3) is 21.0 Å². The molecule has 0 saturated carbocycles. The Bertz CT molecular complexity index is 1030. The van der Waals surface area contributed by atoms with Crippen molar-refractivity contribution in [2.45, 2.75) is 11.5 Å². The standard InChI is InChI=1S/C18H14N2OS2/c21-18-17-15(8-9-23-17)19-16(20-18)11-22-10-13-6-3-5-12-4-1-2-7-14(12)13/h1-9H,10-11H2,(H,19,20,21). The first-order valence-electron chi connectivity index (χ1n) is 7.32. The van der Waals surface area contributed by atoms with Gasteiger partial charge in [0.05, 0.1) is 11.3 Å². The molecule has 2 heterocycles. The minimum absolute atomic E-state index is 0.0363. The topological polar surface area (TPSA) is 45.8 Å². The number of nitrogens with one attached hydrogen (secondary N) is 1. The normalized spacial score (nSPS) is 11.3. The van der Waals surface area contributed by atoms with Crippen molar-refractivity contribution in [1.29, 1.82) is 0 Å².